The molecule has 5 aromatic carbocycles. The summed E-state index contributed by atoms with van der Waals surface area (Å²) in [6.07, 6.45) is 0.837. The summed E-state index contributed by atoms with van der Waals surface area (Å²) < 4.78 is -0.551. The highest BCUT2D eigenvalue weighted by atomic mass is 32.1. The Labute approximate surface area is 246 Å². The summed E-state index contributed by atoms with van der Waals surface area (Å²) in [7, 11) is 6.17. The highest BCUT2D eigenvalue weighted by Crippen LogP contribution is 2.61. The van der Waals surface area contributed by atoms with Gasteiger partial charge < -0.3 is 9.80 Å². The number of anilines is 2. The van der Waals surface area contributed by atoms with Gasteiger partial charge in [-0.2, -0.15) is 12.6 Å². The molecule has 0 atom stereocenters. The first-order valence-electron chi connectivity index (χ1n) is 13.7. The highest BCUT2D eigenvalue weighted by Gasteiger charge is 2.52. The van der Waals surface area contributed by atoms with Gasteiger partial charge in [0.1, 0.15) is 23.2 Å². The Balaban J connectivity index is 1.80. The van der Waals surface area contributed by atoms with Gasteiger partial charge in [0.25, 0.3) is 0 Å². The van der Waals surface area contributed by atoms with Gasteiger partial charge in [0, 0.05) is 39.6 Å². The third kappa shape index (κ3) is 5.42. The molecule has 0 aromatic heterocycles. The molecule has 0 aliphatic heterocycles. The number of benzene rings is 5. The smallest absolute Gasteiger partial charge is 0.114 e. The quantitative estimate of drug-likeness (QED) is 0.153. The molecule has 2 nitrogen and oxygen atoms in total. The fourth-order valence-electron chi connectivity index (χ4n) is 5.53. The van der Waals surface area contributed by atoms with Gasteiger partial charge in [-0.1, -0.05) is 78.9 Å². The first-order valence-corrected chi connectivity index (χ1v) is 16.1. The minimum absolute atomic E-state index is 0.551. The van der Waals surface area contributed by atoms with Gasteiger partial charge in [-0.05, 0) is 71.8 Å². The molecule has 0 bridgehead atoms. The number of hydrogen-bond acceptors (Lipinski definition) is 3. The van der Waals surface area contributed by atoms with Crippen LogP contribution >= 0.6 is 19.9 Å². The van der Waals surface area contributed by atoms with E-state index in [0.717, 1.165) is 6.16 Å². The molecule has 0 saturated carbocycles. The molecule has 0 amide bonds. The molecule has 0 spiro atoms. The fourth-order valence-corrected chi connectivity index (χ4v) is 11.0. The largest absolute Gasteiger partial charge is 0.378 e. The summed E-state index contributed by atoms with van der Waals surface area (Å²) in [5.41, 5.74) is 4.76. The van der Waals surface area contributed by atoms with Gasteiger partial charge >= 0.3 is 0 Å². The predicted molar refractivity (Wildman–Crippen MR) is 181 cm³/mol. The molecular weight excluding hydrogens is 523 g/mol. The highest BCUT2D eigenvalue weighted by molar-refractivity contribution is 7.96. The molecule has 40 heavy (non-hydrogen) atoms. The van der Waals surface area contributed by atoms with E-state index < -0.39 is 12.0 Å². The fraction of sp³-hybridized carbons (Fsp3) is 0.167. The number of hydrogen-bond donors (Lipinski definition) is 1. The molecule has 4 heteroatoms. The molecule has 0 saturated heterocycles. The molecule has 0 radical (unpaired) electrons. The Bertz CT molecular complexity index is 1350. The van der Waals surface area contributed by atoms with Crippen LogP contribution in [0.15, 0.2) is 140 Å². The normalized spacial score (nSPS) is 11.7. The van der Waals surface area contributed by atoms with Crippen molar-refractivity contribution in [3.63, 3.8) is 0 Å². The molecule has 0 aliphatic carbocycles. The first-order chi connectivity index (χ1) is 19.3. The molecule has 202 valence electrons. The summed E-state index contributed by atoms with van der Waals surface area (Å²) in [5, 5.41) is 4.09. The summed E-state index contributed by atoms with van der Waals surface area (Å²) in [6.45, 7) is 0. The molecule has 0 fully saturated rings. The zero-order chi connectivity index (χ0) is 28.2. The summed E-state index contributed by atoms with van der Waals surface area (Å²) in [6, 6.07) is 51.1. The second kappa shape index (κ2) is 11.9. The van der Waals surface area contributed by atoms with Crippen molar-refractivity contribution in [2.45, 2.75) is 4.75 Å². The Morgan fingerprint density at radius 3 is 1.05 bits per heavy atom. The van der Waals surface area contributed by atoms with Crippen molar-refractivity contribution in [2.24, 2.45) is 0 Å². The van der Waals surface area contributed by atoms with Crippen LogP contribution in [0.2, 0.25) is 0 Å². The molecule has 0 heterocycles. The van der Waals surface area contributed by atoms with Gasteiger partial charge in [-0.15, -0.1) is 0 Å². The lowest BCUT2D eigenvalue weighted by atomic mass is 9.91. The van der Waals surface area contributed by atoms with E-state index in [1.165, 1.54) is 38.4 Å². The third-order valence-electron chi connectivity index (χ3n) is 7.78. The van der Waals surface area contributed by atoms with Crippen LogP contribution in [0.3, 0.4) is 0 Å². The Kier molecular flexibility index (Phi) is 8.35. The van der Waals surface area contributed by atoms with Gasteiger partial charge in [0.2, 0.25) is 0 Å². The van der Waals surface area contributed by atoms with E-state index in [1.54, 1.807) is 0 Å². The van der Waals surface area contributed by atoms with Gasteiger partial charge in [-0.3, -0.25) is 0 Å². The minimum Gasteiger partial charge on any atom is -0.378 e. The molecule has 5 rings (SSSR count). The lowest BCUT2D eigenvalue weighted by molar-refractivity contribution is 0.855. The molecule has 0 aliphatic rings. The molecule has 5 aromatic rings. The van der Waals surface area contributed by atoms with Crippen LogP contribution in [0.5, 0.6) is 0 Å². The predicted octanol–water partition coefficient (Wildman–Crippen LogP) is 6.99. The van der Waals surface area contributed by atoms with E-state index in [1.807, 2.05) is 0 Å². The lowest BCUT2D eigenvalue weighted by Gasteiger charge is -2.37. The Hall–Kier alpha value is -3.52. The topological polar surface area (TPSA) is 6.48 Å². The lowest BCUT2D eigenvalue weighted by Crippen LogP contribution is -2.40. The van der Waals surface area contributed by atoms with Crippen LogP contribution < -0.4 is 25.7 Å². The van der Waals surface area contributed by atoms with Crippen molar-refractivity contribution in [2.75, 3.05) is 44.2 Å². The molecule has 0 N–H and O–H groups in total. The van der Waals surface area contributed by atoms with Crippen LogP contribution in [0.4, 0.5) is 11.4 Å². The van der Waals surface area contributed by atoms with Crippen molar-refractivity contribution in [3.05, 3.63) is 151 Å². The molecule has 0 unspecified atom stereocenters. The van der Waals surface area contributed by atoms with Crippen LogP contribution in [-0.2, 0) is 4.75 Å². The number of thiol groups is 1. The maximum atomic E-state index is 5.71. The second-order valence-electron chi connectivity index (χ2n) is 10.7. The van der Waals surface area contributed by atoms with E-state index in [9.17, 15) is 0 Å². The van der Waals surface area contributed by atoms with Crippen LogP contribution in [0.25, 0.3) is 0 Å². The summed E-state index contributed by atoms with van der Waals surface area (Å²) in [5.74, 6) is 0. The maximum absolute atomic E-state index is 5.71. The van der Waals surface area contributed by atoms with Gasteiger partial charge in [-0.25, -0.2) is 0 Å². The van der Waals surface area contributed by atoms with E-state index in [4.69, 9.17) is 12.6 Å². The van der Waals surface area contributed by atoms with Crippen LogP contribution in [0.1, 0.15) is 11.1 Å². The third-order valence-corrected chi connectivity index (χ3v) is 13.2. The van der Waals surface area contributed by atoms with Crippen LogP contribution in [0, 0.1) is 0 Å². The van der Waals surface area contributed by atoms with Crippen molar-refractivity contribution in [3.8, 4) is 0 Å². The standard InChI is InChI=1S/C36H37N2PS/c1-37(2)31-24-20-29(21-25-31)36(40,30-22-26-32(27-23-30)38(3)4)28-39(33-14-8-5-9-15-33,34-16-10-6-11-17-34)35-18-12-7-13-19-35/h5-27H,28H2,1-4H3/p+1. The zero-order valence-corrected chi connectivity index (χ0v) is 25.6. The van der Waals surface area contributed by atoms with Crippen molar-refractivity contribution in [1.29, 1.82) is 0 Å². The van der Waals surface area contributed by atoms with Crippen molar-refractivity contribution < 1.29 is 0 Å². The monoisotopic (exact) mass is 561 g/mol. The number of nitrogens with zero attached hydrogens (tertiary/aromatic N) is 2. The van der Waals surface area contributed by atoms with Gasteiger partial charge in [0.05, 0.1) is 10.9 Å². The van der Waals surface area contributed by atoms with Gasteiger partial charge in [0.15, 0.2) is 0 Å². The number of rotatable bonds is 9. The van der Waals surface area contributed by atoms with E-state index in [0.29, 0.717) is 0 Å². The van der Waals surface area contributed by atoms with Crippen LogP contribution in [-0.4, -0.2) is 34.4 Å². The zero-order valence-electron chi connectivity index (χ0n) is 23.8. The summed E-state index contributed by atoms with van der Waals surface area (Å²) in [4.78, 5) is 4.29. The average molecular weight is 562 g/mol. The second-order valence-corrected chi connectivity index (χ2v) is 15.0. The minimum atomic E-state index is -2.16. The average Bonchev–Trinajstić information content (AvgIpc) is 3.01. The first kappa shape index (κ1) is 28.0. The Morgan fingerprint density at radius 1 is 0.475 bits per heavy atom. The van der Waals surface area contributed by atoms with Crippen molar-refractivity contribution in [1.82, 2.24) is 0 Å². The van der Waals surface area contributed by atoms with Crippen molar-refractivity contribution >= 4 is 47.2 Å². The Morgan fingerprint density at radius 2 is 0.775 bits per heavy atom. The maximum Gasteiger partial charge on any atom is 0.114 e. The molecular formula is C36H38N2PS+. The van der Waals surface area contributed by atoms with E-state index in [2.05, 4.69) is 178 Å². The van der Waals surface area contributed by atoms with E-state index >= 15 is 0 Å². The van der Waals surface area contributed by atoms with E-state index in [-0.39, 0.29) is 0 Å². The summed E-state index contributed by atoms with van der Waals surface area (Å²) >= 11 is 5.71. The SMILES string of the molecule is CN(C)c1ccc(C(S)(C[P+](c2ccccc2)(c2ccccc2)c2ccccc2)c2ccc(N(C)C)cc2)cc1.